The second-order valence-corrected chi connectivity index (χ2v) is 3.78. The van der Waals surface area contributed by atoms with Crippen molar-refractivity contribution in [2.45, 2.75) is 20.8 Å². The summed E-state index contributed by atoms with van der Waals surface area (Å²) >= 11 is 5.55. The number of nitrogens with two attached hydrogens (primary N) is 1. The van der Waals surface area contributed by atoms with Crippen molar-refractivity contribution in [1.82, 2.24) is 0 Å². The van der Waals surface area contributed by atoms with Crippen LogP contribution < -0.4 is 5.73 Å². The Morgan fingerprint density at radius 2 is 2.00 bits per heavy atom. The van der Waals surface area contributed by atoms with Crippen LogP contribution in [0.3, 0.4) is 0 Å². The van der Waals surface area contributed by atoms with E-state index in [4.69, 9.17) is 17.3 Å². The molecule has 0 saturated heterocycles. The average molecular weight is 164 g/mol. The van der Waals surface area contributed by atoms with E-state index >= 15 is 0 Å². The van der Waals surface area contributed by atoms with Crippen LogP contribution in [0.1, 0.15) is 20.8 Å². The standard InChI is InChI=1S/C7H14ClNO/c1-7(2,3)5(4-8)6(9)10/h5H,4H2,1-3H3,(H2,9,10). The minimum Gasteiger partial charge on any atom is -0.369 e. The number of rotatable bonds is 2. The molecule has 0 aromatic heterocycles. The van der Waals surface area contributed by atoms with E-state index in [0.717, 1.165) is 0 Å². The third kappa shape index (κ3) is 2.56. The molecular weight excluding hydrogens is 150 g/mol. The molecular formula is C7H14ClNO. The molecule has 0 spiro atoms. The van der Waals surface area contributed by atoms with Gasteiger partial charge in [-0.25, -0.2) is 0 Å². The highest BCUT2D eigenvalue weighted by atomic mass is 35.5. The van der Waals surface area contributed by atoms with Crippen molar-refractivity contribution in [2.24, 2.45) is 17.1 Å². The predicted molar refractivity (Wildman–Crippen MR) is 42.9 cm³/mol. The van der Waals surface area contributed by atoms with Crippen LogP contribution >= 0.6 is 11.6 Å². The molecule has 0 radical (unpaired) electrons. The molecule has 0 bridgehead atoms. The number of hydrogen-bond donors (Lipinski definition) is 1. The zero-order valence-electron chi connectivity index (χ0n) is 6.65. The summed E-state index contributed by atoms with van der Waals surface area (Å²) in [6.45, 7) is 5.85. The summed E-state index contributed by atoms with van der Waals surface area (Å²) in [4.78, 5) is 10.7. The van der Waals surface area contributed by atoms with Crippen LogP contribution in [0, 0.1) is 11.3 Å². The van der Waals surface area contributed by atoms with Crippen molar-refractivity contribution >= 4 is 17.5 Å². The summed E-state index contributed by atoms with van der Waals surface area (Å²) < 4.78 is 0. The van der Waals surface area contributed by atoms with Gasteiger partial charge in [0.2, 0.25) is 5.91 Å². The summed E-state index contributed by atoms with van der Waals surface area (Å²) in [5, 5.41) is 0. The molecule has 1 atom stereocenters. The summed E-state index contributed by atoms with van der Waals surface area (Å²) in [6, 6.07) is 0. The van der Waals surface area contributed by atoms with E-state index < -0.39 is 0 Å². The van der Waals surface area contributed by atoms with Crippen molar-refractivity contribution in [3.8, 4) is 0 Å². The van der Waals surface area contributed by atoms with Crippen LogP contribution in [-0.2, 0) is 4.79 Å². The highest BCUT2D eigenvalue weighted by Gasteiger charge is 2.28. The summed E-state index contributed by atoms with van der Waals surface area (Å²) in [5.41, 5.74) is 4.99. The van der Waals surface area contributed by atoms with Crippen molar-refractivity contribution < 1.29 is 4.79 Å². The molecule has 3 heteroatoms. The van der Waals surface area contributed by atoms with E-state index in [2.05, 4.69) is 0 Å². The van der Waals surface area contributed by atoms with Gasteiger partial charge >= 0.3 is 0 Å². The number of hydrogen-bond acceptors (Lipinski definition) is 1. The maximum Gasteiger partial charge on any atom is 0.222 e. The zero-order chi connectivity index (χ0) is 8.36. The lowest BCUT2D eigenvalue weighted by atomic mass is 9.81. The molecule has 1 unspecified atom stereocenters. The second kappa shape index (κ2) is 3.24. The van der Waals surface area contributed by atoms with Gasteiger partial charge in [0.1, 0.15) is 0 Å². The number of alkyl halides is 1. The van der Waals surface area contributed by atoms with Gasteiger partial charge in [0.05, 0.1) is 5.92 Å². The molecule has 10 heavy (non-hydrogen) atoms. The van der Waals surface area contributed by atoms with Gasteiger partial charge in [-0.15, -0.1) is 11.6 Å². The Labute approximate surface area is 66.7 Å². The first kappa shape index (κ1) is 9.76. The van der Waals surface area contributed by atoms with Crippen molar-refractivity contribution in [3.05, 3.63) is 0 Å². The smallest absolute Gasteiger partial charge is 0.222 e. The van der Waals surface area contributed by atoms with Crippen molar-refractivity contribution in [3.63, 3.8) is 0 Å². The van der Waals surface area contributed by atoms with E-state index in [0.29, 0.717) is 5.88 Å². The first-order chi connectivity index (χ1) is 4.39. The topological polar surface area (TPSA) is 43.1 Å². The Balaban J connectivity index is 4.22. The van der Waals surface area contributed by atoms with E-state index in [9.17, 15) is 4.79 Å². The molecule has 0 saturated carbocycles. The van der Waals surface area contributed by atoms with Crippen LogP contribution in [0.25, 0.3) is 0 Å². The number of carbonyl (C=O) groups excluding carboxylic acids is 1. The SMILES string of the molecule is CC(C)(C)C(CCl)C(N)=O. The molecule has 60 valence electrons. The number of carbonyl (C=O) groups is 1. The van der Waals surface area contributed by atoms with Gasteiger partial charge in [-0.2, -0.15) is 0 Å². The molecule has 2 N–H and O–H groups in total. The van der Waals surface area contributed by atoms with Crippen molar-refractivity contribution in [1.29, 1.82) is 0 Å². The van der Waals surface area contributed by atoms with Gasteiger partial charge in [0, 0.05) is 5.88 Å². The van der Waals surface area contributed by atoms with Gasteiger partial charge in [0.15, 0.2) is 0 Å². The Bertz CT molecular complexity index is 128. The highest BCUT2D eigenvalue weighted by Crippen LogP contribution is 2.26. The van der Waals surface area contributed by atoms with Crippen LogP contribution in [0.15, 0.2) is 0 Å². The Kier molecular flexibility index (Phi) is 3.16. The number of amides is 1. The van der Waals surface area contributed by atoms with Gasteiger partial charge in [0.25, 0.3) is 0 Å². The highest BCUT2D eigenvalue weighted by molar-refractivity contribution is 6.19. The lowest BCUT2D eigenvalue weighted by Crippen LogP contribution is -2.35. The van der Waals surface area contributed by atoms with Crippen LogP contribution in [-0.4, -0.2) is 11.8 Å². The predicted octanol–water partition coefficient (Wildman–Crippen LogP) is 1.37. The fourth-order valence-corrected chi connectivity index (χ4v) is 1.35. The number of primary amides is 1. The van der Waals surface area contributed by atoms with Gasteiger partial charge in [-0.1, -0.05) is 20.8 Å². The fraction of sp³-hybridized carbons (Fsp3) is 0.857. The first-order valence-corrected chi connectivity index (χ1v) is 3.78. The summed E-state index contributed by atoms with van der Waals surface area (Å²) in [5.74, 6) is -0.240. The molecule has 0 rings (SSSR count). The maximum atomic E-state index is 10.7. The van der Waals surface area contributed by atoms with Crippen LogP contribution in [0.4, 0.5) is 0 Å². The fourth-order valence-electron chi connectivity index (χ4n) is 0.734. The van der Waals surface area contributed by atoms with E-state index in [1.54, 1.807) is 0 Å². The molecule has 0 heterocycles. The zero-order valence-corrected chi connectivity index (χ0v) is 7.40. The van der Waals surface area contributed by atoms with Gasteiger partial charge in [-0.05, 0) is 5.41 Å². The Morgan fingerprint density at radius 1 is 1.60 bits per heavy atom. The number of halogens is 1. The summed E-state index contributed by atoms with van der Waals surface area (Å²) in [6.07, 6.45) is 0. The largest absolute Gasteiger partial charge is 0.369 e. The first-order valence-electron chi connectivity index (χ1n) is 3.25. The normalized spacial score (nSPS) is 14.8. The molecule has 0 aliphatic carbocycles. The van der Waals surface area contributed by atoms with Crippen molar-refractivity contribution in [2.75, 3.05) is 5.88 Å². The molecule has 0 aliphatic rings. The van der Waals surface area contributed by atoms with Gasteiger partial charge < -0.3 is 5.73 Å². The lowest BCUT2D eigenvalue weighted by molar-refractivity contribution is -0.124. The second-order valence-electron chi connectivity index (χ2n) is 3.48. The van der Waals surface area contributed by atoms with E-state index in [1.165, 1.54) is 0 Å². The minimum absolute atomic E-state index is 0.117. The monoisotopic (exact) mass is 163 g/mol. The third-order valence-corrected chi connectivity index (χ3v) is 1.85. The molecule has 0 aromatic carbocycles. The molecule has 0 aliphatic heterocycles. The van der Waals surface area contributed by atoms with Crippen LogP contribution in [0.5, 0.6) is 0 Å². The lowest BCUT2D eigenvalue weighted by Gasteiger charge is -2.25. The molecule has 0 fully saturated rings. The molecule has 1 amide bonds. The van der Waals surface area contributed by atoms with E-state index in [-0.39, 0.29) is 17.2 Å². The quantitative estimate of drug-likeness (QED) is 0.614. The van der Waals surface area contributed by atoms with Gasteiger partial charge in [-0.3, -0.25) is 4.79 Å². The molecule has 2 nitrogen and oxygen atoms in total. The molecule has 0 aromatic rings. The Hall–Kier alpha value is -0.240. The Morgan fingerprint density at radius 3 is 2.00 bits per heavy atom. The summed E-state index contributed by atoms with van der Waals surface area (Å²) in [7, 11) is 0. The van der Waals surface area contributed by atoms with E-state index in [1.807, 2.05) is 20.8 Å². The minimum atomic E-state index is -0.317. The average Bonchev–Trinajstić information content (AvgIpc) is 1.60. The third-order valence-electron chi connectivity index (χ3n) is 1.54. The maximum absolute atomic E-state index is 10.7. The van der Waals surface area contributed by atoms with Crippen LogP contribution in [0.2, 0.25) is 0 Å².